The van der Waals surface area contributed by atoms with E-state index in [9.17, 15) is 13.6 Å². The van der Waals surface area contributed by atoms with Crippen molar-refractivity contribution >= 4 is 40.4 Å². The first-order valence-electron chi connectivity index (χ1n) is 11.3. The second-order valence-corrected chi connectivity index (χ2v) is 10.9. The summed E-state index contributed by atoms with van der Waals surface area (Å²) in [5.41, 5.74) is 6.48. The number of hydrogen-bond donors (Lipinski definition) is 1. The summed E-state index contributed by atoms with van der Waals surface area (Å²) < 4.78 is 34.9. The summed E-state index contributed by atoms with van der Waals surface area (Å²) in [5.74, 6) is -2.56. The highest BCUT2D eigenvalue weighted by molar-refractivity contribution is 7.16. The van der Waals surface area contributed by atoms with Crippen molar-refractivity contribution in [1.29, 1.82) is 0 Å². The molecule has 1 amide bonds. The molecule has 1 spiro atoms. The second kappa shape index (κ2) is 8.82. The molecule has 7 nitrogen and oxygen atoms in total. The summed E-state index contributed by atoms with van der Waals surface area (Å²) in [5, 5.41) is 6.54. The highest BCUT2D eigenvalue weighted by atomic mass is 35.5. The van der Waals surface area contributed by atoms with Crippen LogP contribution in [0.2, 0.25) is 4.34 Å². The number of ether oxygens (including phenoxy) is 1. The molecule has 34 heavy (non-hydrogen) atoms. The van der Waals surface area contributed by atoms with Crippen molar-refractivity contribution in [1.82, 2.24) is 9.88 Å². The smallest absolute Gasteiger partial charge is 0.297 e. The maximum atomic E-state index is 14.4. The van der Waals surface area contributed by atoms with Gasteiger partial charge in [-0.05, 0) is 31.9 Å². The Kier molecular flexibility index (Phi) is 6.12. The number of nitrogens with zero attached hydrogens (tertiary/aromatic N) is 4. The summed E-state index contributed by atoms with van der Waals surface area (Å²) in [7, 11) is 0. The second-order valence-electron chi connectivity index (χ2n) is 9.23. The minimum atomic E-state index is -3.00. The van der Waals surface area contributed by atoms with Crippen molar-refractivity contribution in [2.24, 2.45) is 16.8 Å². The summed E-state index contributed by atoms with van der Waals surface area (Å²) in [4.78, 5) is 18.8. The van der Waals surface area contributed by atoms with Gasteiger partial charge in [-0.25, -0.2) is 9.99 Å². The van der Waals surface area contributed by atoms with Crippen LogP contribution < -0.4 is 10.7 Å². The predicted octanol–water partition coefficient (Wildman–Crippen LogP) is 3.75. The number of anilines is 1. The number of primary amides is 1. The third kappa shape index (κ3) is 4.32. The van der Waals surface area contributed by atoms with Gasteiger partial charge in [0.1, 0.15) is 12.2 Å². The average molecular weight is 510 g/mol. The van der Waals surface area contributed by atoms with E-state index in [1.54, 1.807) is 12.3 Å². The maximum absolute atomic E-state index is 14.4. The highest BCUT2D eigenvalue weighted by Gasteiger charge is 2.51. The lowest BCUT2D eigenvalue weighted by Crippen LogP contribution is -2.50. The Bertz CT molecular complexity index is 1130. The number of thiophene rings is 1. The molecular formula is C23H26ClF2N5O2S. The lowest BCUT2D eigenvalue weighted by molar-refractivity contribution is -0.181. The number of hydrazone groups is 1. The molecule has 5 heterocycles. The molecule has 2 aromatic heterocycles. The van der Waals surface area contributed by atoms with Gasteiger partial charge in [0, 0.05) is 53.5 Å². The summed E-state index contributed by atoms with van der Waals surface area (Å²) in [6, 6.07) is 5.02. The topological polar surface area (TPSA) is 84.1 Å². The number of amides is 1. The summed E-state index contributed by atoms with van der Waals surface area (Å²) in [6.45, 7) is 4.33. The number of pyridine rings is 1. The van der Waals surface area contributed by atoms with Gasteiger partial charge >= 0.3 is 0 Å². The standard InChI is InChI=1S/C23H26ClF2N5O2S/c1-14-16(12-31(29-14)21-15(9-19(27)32)3-2-6-28-21)11-30-7-4-22(5-8-30)20-17(10-18(24)34-20)23(25,26)13-33-22/h2-3,6,10,16H,4-5,7-9,11-13H2,1H3,(H2,27,32). The van der Waals surface area contributed by atoms with Gasteiger partial charge in [-0.1, -0.05) is 17.7 Å². The lowest BCUT2D eigenvalue weighted by atomic mass is 9.84. The third-order valence-electron chi connectivity index (χ3n) is 6.92. The van der Waals surface area contributed by atoms with E-state index in [1.807, 2.05) is 18.0 Å². The van der Waals surface area contributed by atoms with Crippen LogP contribution >= 0.6 is 22.9 Å². The number of hydrogen-bond acceptors (Lipinski definition) is 7. The first kappa shape index (κ1) is 23.6. The van der Waals surface area contributed by atoms with Crippen LogP contribution in [-0.4, -0.2) is 54.3 Å². The zero-order chi connectivity index (χ0) is 24.1. The lowest BCUT2D eigenvalue weighted by Gasteiger charge is -2.45. The van der Waals surface area contributed by atoms with Crippen molar-refractivity contribution in [3.05, 3.63) is 44.7 Å². The van der Waals surface area contributed by atoms with Crippen LogP contribution in [0.5, 0.6) is 0 Å². The van der Waals surface area contributed by atoms with E-state index in [0.717, 1.165) is 30.9 Å². The van der Waals surface area contributed by atoms with Gasteiger partial charge in [-0.3, -0.25) is 4.79 Å². The Hall–Kier alpha value is -2.14. The monoisotopic (exact) mass is 509 g/mol. The molecule has 0 saturated carbocycles. The molecule has 1 saturated heterocycles. The number of carbonyl (C=O) groups excluding carboxylic acids is 1. The fourth-order valence-corrected chi connectivity index (χ4v) is 6.57. The molecule has 11 heteroatoms. The molecule has 0 aliphatic carbocycles. The van der Waals surface area contributed by atoms with Crippen molar-refractivity contribution in [2.45, 2.75) is 37.7 Å². The summed E-state index contributed by atoms with van der Waals surface area (Å²) >= 11 is 7.32. The number of alkyl halides is 2. The van der Waals surface area contributed by atoms with Crippen LogP contribution in [0.25, 0.3) is 0 Å². The molecule has 0 bridgehead atoms. The van der Waals surface area contributed by atoms with E-state index in [-0.39, 0.29) is 17.9 Å². The van der Waals surface area contributed by atoms with Crippen LogP contribution in [0.1, 0.15) is 35.8 Å². The number of fused-ring (bicyclic) bond motifs is 2. The average Bonchev–Trinajstić information content (AvgIpc) is 3.37. The van der Waals surface area contributed by atoms with E-state index in [1.165, 1.54) is 17.4 Å². The molecule has 1 fully saturated rings. The van der Waals surface area contributed by atoms with E-state index < -0.39 is 24.0 Å². The predicted molar refractivity (Wildman–Crippen MR) is 128 cm³/mol. The van der Waals surface area contributed by atoms with Gasteiger partial charge in [0.05, 0.1) is 17.3 Å². The number of nitrogens with two attached hydrogens (primary N) is 1. The van der Waals surface area contributed by atoms with Crippen LogP contribution in [0.15, 0.2) is 29.5 Å². The maximum Gasteiger partial charge on any atom is 0.297 e. The fourth-order valence-electron chi connectivity index (χ4n) is 5.09. The van der Waals surface area contributed by atoms with E-state index in [4.69, 9.17) is 27.2 Å². The quantitative estimate of drug-likeness (QED) is 0.663. The molecule has 2 N–H and O–H groups in total. The molecule has 3 aliphatic rings. The van der Waals surface area contributed by atoms with Crippen LogP contribution in [0, 0.1) is 5.92 Å². The molecule has 182 valence electrons. The zero-order valence-electron chi connectivity index (χ0n) is 18.8. The molecule has 0 aromatic carbocycles. The van der Waals surface area contributed by atoms with E-state index in [0.29, 0.717) is 34.4 Å². The van der Waals surface area contributed by atoms with Gasteiger partial charge in [-0.2, -0.15) is 13.9 Å². The molecular weight excluding hydrogens is 484 g/mol. The molecule has 3 aliphatic heterocycles. The largest absolute Gasteiger partial charge is 0.369 e. The number of rotatable bonds is 5. The van der Waals surface area contributed by atoms with Gasteiger partial charge in [-0.15, -0.1) is 11.3 Å². The Morgan fingerprint density at radius 3 is 2.88 bits per heavy atom. The van der Waals surface area contributed by atoms with Crippen molar-refractivity contribution in [3.63, 3.8) is 0 Å². The van der Waals surface area contributed by atoms with Gasteiger partial charge in [0.2, 0.25) is 5.91 Å². The Balaban J connectivity index is 1.24. The normalized spacial score (nSPS) is 23.7. The van der Waals surface area contributed by atoms with Gasteiger partial charge in [0.15, 0.2) is 5.82 Å². The molecule has 5 rings (SSSR count). The summed E-state index contributed by atoms with van der Waals surface area (Å²) in [6.07, 6.45) is 3.08. The number of piperidine rings is 1. The Labute approximate surface area is 205 Å². The number of aromatic nitrogens is 1. The van der Waals surface area contributed by atoms with Gasteiger partial charge < -0.3 is 15.4 Å². The Morgan fingerprint density at radius 2 is 2.15 bits per heavy atom. The molecule has 1 atom stereocenters. The van der Waals surface area contributed by atoms with Crippen molar-refractivity contribution in [2.75, 3.05) is 37.8 Å². The first-order valence-corrected chi connectivity index (χ1v) is 12.5. The number of likely N-dealkylation sites (tertiary alicyclic amines) is 1. The van der Waals surface area contributed by atoms with E-state index in [2.05, 4.69) is 9.88 Å². The zero-order valence-corrected chi connectivity index (χ0v) is 20.3. The fraction of sp³-hybridized carbons (Fsp3) is 0.522. The third-order valence-corrected chi connectivity index (χ3v) is 8.37. The number of carbonyl (C=O) groups is 1. The SMILES string of the molecule is CC1=NN(c2ncccc2CC(N)=O)CC1CN1CCC2(CC1)OCC(F)(F)c1cc(Cl)sc12. The first-order chi connectivity index (χ1) is 16.2. The van der Waals surface area contributed by atoms with Crippen LogP contribution in [-0.2, 0) is 27.5 Å². The van der Waals surface area contributed by atoms with Crippen molar-refractivity contribution < 1.29 is 18.3 Å². The highest BCUT2D eigenvalue weighted by Crippen LogP contribution is 2.52. The van der Waals surface area contributed by atoms with Crippen LogP contribution in [0.3, 0.4) is 0 Å². The minimum absolute atomic E-state index is 0.0266. The van der Waals surface area contributed by atoms with Crippen LogP contribution in [0.4, 0.5) is 14.6 Å². The molecule has 1 unspecified atom stereocenters. The minimum Gasteiger partial charge on any atom is -0.369 e. The molecule has 0 radical (unpaired) electrons. The molecule has 2 aromatic rings. The Morgan fingerprint density at radius 1 is 1.38 bits per heavy atom. The van der Waals surface area contributed by atoms with E-state index >= 15 is 0 Å². The van der Waals surface area contributed by atoms with Crippen molar-refractivity contribution in [3.8, 4) is 0 Å². The number of halogens is 3. The van der Waals surface area contributed by atoms with Gasteiger partial charge in [0.25, 0.3) is 5.92 Å².